The van der Waals surface area contributed by atoms with Crippen LogP contribution in [0.5, 0.6) is 0 Å². The molecule has 0 heterocycles. The van der Waals surface area contributed by atoms with Crippen LogP contribution in [0.3, 0.4) is 0 Å². The van der Waals surface area contributed by atoms with Crippen LogP contribution in [0.15, 0.2) is 194 Å². The Morgan fingerprint density at radius 3 is 1.36 bits per heavy atom. The molecular formula is C61H64. The number of allylic oxidation sites excluding steroid dienone is 6. The van der Waals surface area contributed by atoms with Crippen LogP contribution in [-0.4, -0.2) is 0 Å². The van der Waals surface area contributed by atoms with E-state index in [0.717, 1.165) is 19.3 Å². The summed E-state index contributed by atoms with van der Waals surface area (Å²) in [6.07, 6.45) is 14.9. The fourth-order valence-electron chi connectivity index (χ4n) is 8.02. The van der Waals surface area contributed by atoms with Crippen LogP contribution in [0.4, 0.5) is 0 Å². The predicted molar refractivity (Wildman–Crippen MR) is 268 cm³/mol. The molecule has 0 unspecified atom stereocenters. The molecule has 0 bridgehead atoms. The van der Waals surface area contributed by atoms with Gasteiger partial charge in [-0.2, -0.15) is 0 Å². The van der Waals surface area contributed by atoms with E-state index >= 15 is 0 Å². The minimum atomic E-state index is 1.12. The topological polar surface area (TPSA) is 0 Å². The molecule has 0 atom stereocenters. The molecule has 1 aliphatic rings. The molecule has 8 rings (SSSR count). The lowest BCUT2D eigenvalue weighted by Gasteiger charge is -2.16. The highest BCUT2D eigenvalue weighted by Crippen LogP contribution is 2.33. The molecule has 0 saturated carbocycles. The largest absolute Gasteiger partial charge is 0.0836 e. The van der Waals surface area contributed by atoms with Crippen molar-refractivity contribution in [2.24, 2.45) is 0 Å². The maximum atomic E-state index is 2.31. The van der Waals surface area contributed by atoms with Gasteiger partial charge in [-0.05, 0) is 151 Å². The Bertz CT molecular complexity index is 2490. The van der Waals surface area contributed by atoms with Crippen LogP contribution >= 0.6 is 0 Å². The molecule has 0 fully saturated rings. The Morgan fingerprint density at radius 1 is 0.443 bits per heavy atom. The highest BCUT2D eigenvalue weighted by Gasteiger charge is 2.11. The van der Waals surface area contributed by atoms with E-state index in [4.69, 9.17) is 0 Å². The first kappa shape index (κ1) is 44.3. The van der Waals surface area contributed by atoms with Crippen molar-refractivity contribution in [2.45, 2.75) is 86.5 Å². The molecule has 61 heavy (non-hydrogen) atoms. The Balaban J connectivity index is 0.000000164. The third-order valence-corrected chi connectivity index (χ3v) is 11.7. The van der Waals surface area contributed by atoms with Gasteiger partial charge in [0.25, 0.3) is 0 Å². The highest BCUT2D eigenvalue weighted by molar-refractivity contribution is 5.91. The van der Waals surface area contributed by atoms with Gasteiger partial charge in [-0.1, -0.05) is 219 Å². The van der Waals surface area contributed by atoms with Gasteiger partial charge in [0.1, 0.15) is 0 Å². The predicted octanol–water partition coefficient (Wildman–Crippen LogP) is 17.3. The van der Waals surface area contributed by atoms with Crippen molar-refractivity contribution in [1.82, 2.24) is 0 Å². The van der Waals surface area contributed by atoms with Crippen molar-refractivity contribution in [1.29, 1.82) is 0 Å². The summed E-state index contributed by atoms with van der Waals surface area (Å²) in [6.45, 7) is 13.2. The Kier molecular flexibility index (Phi) is 16.7. The van der Waals surface area contributed by atoms with E-state index in [-0.39, 0.29) is 0 Å². The molecule has 308 valence electrons. The minimum Gasteiger partial charge on any atom is -0.0836 e. The molecule has 0 radical (unpaired) electrons. The van der Waals surface area contributed by atoms with Gasteiger partial charge in [0.2, 0.25) is 0 Å². The monoisotopic (exact) mass is 797 g/mol. The lowest BCUT2D eigenvalue weighted by atomic mass is 9.89. The van der Waals surface area contributed by atoms with Crippen LogP contribution in [0.25, 0.3) is 39.0 Å². The van der Waals surface area contributed by atoms with E-state index in [9.17, 15) is 0 Å². The average molecular weight is 797 g/mol. The van der Waals surface area contributed by atoms with Gasteiger partial charge in [-0.3, -0.25) is 0 Å². The summed E-state index contributed by atoms with van der Waals surface area (Å²) in [5.74, 6) is 0. The van der Waals surface area contributed by atoms with Crippen molar-refractivity contribution in [3.63, 3.8) is 0 Å². The maximum Gasteiger partial charge on any atom is -0.0184 e. The van der Waals surface area contributed by atoms with Gasteiger partial charge in [0.15, 0.2) is 0 Å². The molecule has 7 aromatic carbocycles. The second-order valence-corrected chi connectivity index (χ2v) is 16.5. The first-order valence-corrected chi connectivity index (χ1v) is 22.3. The SMILES string of the molecule is CCC/C(=C(/C)c1ccccc1C)c1ccccc1C.Cc1ccc(-c2ccc(CCCc3ccc(-c4ccccc4)cc3)cc2)cc1.Cc1ccc(C2=CCCC=C2)cc1. The molecule has 0 nitrogen and oxygen atoms in total. The van der Waals surface area contributed by atoms with Crippen molar-refractivity contribution in [3.05, 3.63) is 244 Å². The number of hydrogen-bond donors (Lipinski definition) is 0. The first-order chi connectivity index (χ1) is 29.8. The molecule has 0 amide bonds. The third kappa shape index (κ3) is 13.1. The van der Waals surface area contributed by atoms with Gasteiger partial charge >= 0.3 is 0 Å². The van der Waals surface area contributed by atoms with Gasteiger partial charge in [-0.15, -0.1) is 0 Å². The Morgan fingerprint density at radius 2 is 0.885 bits per heavy atom. The van der Waals surface area contributed by atoms with Crippen LogP contribution in [0.1, 0.15) is 96.0 Å². The summed E-state index contributed by atoms with van der Waals surface area (Å²) in [5, 5.41) is 0. The molecule has 0 heteroatoms. The normalized spacial score (nSPS) is 12.3. The summed E-state index contributed by atoms with van der Waals surface area (Å²) in [7, 11) is 0. The number of rotatable bonds is 11. The molecule has 7 aromatic rings. The zero-order valence-electron chi connectivity index (χ0n) is 37.4. The molecule has 0 aliphatic heterocycles. The van der Waals surface area contributed by atoms with Gasteiger partial charge in [0, 0.05) is 0 Å². The van der Waals surface area contributed by atoms with Crippen LogP contribution in [0.2, 0.25) is 0 Å². The fourth-order valence-corrected chi connectivity index (χ4v) is 8.02. The highest BCUT2D eigenvalue weighted by atomic mass is 14.2. The quantitative estimate of drug-likeness (QED) is 0.114. The molecule has 0 spiro atoms. The summed E-state index contributed by atoms with van der Waals surface area (Å²) in [4.78, 5) is 0. The van der Waals surface area contributed by atoms with Crippen molar-refractivity contribution in [3.8, 4) is 22.3 Å². The lowest BCUT2D eigenvalue weighted by Crippen LogP contribution is -1.94. The average Bonchev–Trinajstić information content (AvgIpc) is 3.30. The fraction of sp³-hybridized carbons (Fsp3) is 0.213. The molecular weight excluding hydrogens is 733 g/mol. The summed E-state index contributed by atoms with van der Waals surface area (Å²) in [6, 6.07) is 63.4. The third-order valence-electron chi connectivity index (χ3n) is 11.7. The number of benzene rings is 7. The summed E-state index contributed by atoms with van der Waals surface area (Å²) in [5.41, 5.74) is 21.7. The van der Waals surface area contributed by atoms with Crippen molar-refractivity contribution in [2.75, 3.05) is 0 Å². The second-order valence-electron chi connectivity index (χ2n) is 16.5. The van der Waals surface area contributed by atoms with E-state index < -0.39 is 0 Å². The second kappa shape index (κ2) is 22.9. The maximum absolute atomic E-state index is 2.31. The number of hydrogen-bond acceptors (Lipinski definition) is 0. The zero-order valence-corrected chi connectivity index (χ0v) is 37.4. The van der Waals surface area contributed by atoms with E-state index in [2.05, 4.69) is 236 Å². The van der Waals surface area contributed by atoms with Crippen LogP contribution < -0.4 is 0 Å². The van der Waals surface area contributed by atoms with Gasteiger partial charge in [-0.25, -0.2) is 0 Å². The molecule has 1 aliphatic carbocycles. The zero-order chi connectivity index (χ0) is 42.8. The van der Waals surface area contributed by atoms with E-state index in [0.29, 0.717) is 0 Å². The Hall–Kier alpha value is -6.24. The van der Waals surface area contributed by atoms with E-state index in [1.807, 2.05) is 0 Å². The minimum absolute atomic E-state index is 1.12. The standard InChI is InChI=1S/C28H26.C20H24.C13H14/c1-22-10-16-26(17-11-22)28-20-14-24(15-21-28)7-5-6-23-12-18-27(19-13-23)25-8-3-2-4-9-25;1-5-10-20(19-14-9-7-12-16(19)3)17(4)18-13-8-6-11-15(18)2;1-11-7-9-13(10-8-11)12-5-3-2-4-6-12/h2-4,8-21H,5-7H2,1H3;6-9,11-14H,5,10H2,1-4H3;3,5-10H,2,4H2,1H3/b;20-17+;. The molecule has 0 N–H and O–H groups in total. The van der Waals surface area contributed by atoms with Crippen LogP contribution in [0, 0.1) is 27.7 Å². The lowest BCUT2D eigenvalue weighted by molar-refractivity contribution is 0.821. The Labute approximate surface area is 368 Å². The molecule has 0 saturated heterocycles. The van der Waals surface area contributed by atoms with E-state index in [1.165, 1.54) is 115 Å². The van der Waals surface area contributed by atoms with Crippen molar-refractivity contribution < 1.29 is 0 Å². The van der Waals surface area contributed by atoms with Gasteiger partial charge in [0.05, 0.1) is 0 Å². The number of aryl methyl sites for hydroxylation is 6. The first-order valence-electron chi connectivity index (χ1n) is 22.3. The summed E-state index contributed by atoms with van der Waals surface area (Å²) >= 11 is 0. The smallest absolute Gasteiger partial charge is 0.0184 e. The molecule has 0 aromatic heterocycles. The van der Waals surface area contributed by atoms with Crippen molar-refractivity contribution >= 4 is 16.7 Å². The van der Waals surface area contributed by atoms with Crippen LogP contribution in [-0.2, 0) is 12.8 Å². The van der Waals surface area contributed by atoms with Gasteiger partial charge < -0.3 is 0 Å². The summed E-state index contributed by atoms with van der Waals surface area (Å²) < 4.78 is 0. The van der Waals surface area contributed by atoms with E-state index in [1.54, 1.807) is 0 Å².